The summed E-state index contributed by atoms with van der Waals surface area (Å²) in [6.07, 6.45) is 0.974. The Morgan fingerprint density at radius 3 is 2.21 bits per heavy atom. The highest BCUT2D eigenvalue weighted by molar-refractivity contribution is 5.41. The third-order valence-corrected chi connectivity index (χ3v) is 3.43. The molecule has 0 aliphatic carbocycles. The summed E-state index contributed by atoms with van der Waals surface area (Å²) in [6, 6.07) is 18.1. The first-order chi connectivity index (χ1) is 9.08. The van der Waals surface area contributed by atoms with E-state index >= 15 is 0 Å². The van der Waals surface area contributed by atoms with Gasteiger partial charge in [-0.15, -0.1) is 0 Å². The van der Waals surface area contributed by atoms with Crippen molar-refractivity contribution < 1.29 is 4.74 Å². The van der Waals surface area contributed by atoms with Gasteiger partial charge in [-0.25, -0.2) is 0 Å². The number of hydrogen-bond acceptors (Lipinski definition) is 2. The minimum atomic E-state index is 0.120. The zero-order valence-electron chi connectivity index (χ0n) is 11.6. The van der Waals surface area contributed by atoms with E-state index in [0.717, 1.165) is 17.9 Å². The van der Waals surface area contributed by atoms with Crippen LogP contribution in [0.25, 0.3) is 0 Å². The Morgan fingerprint density at radius 1 is 0.947 bits per heavy atom. The van der Waals surface area contributed by atoms with Crippen LogP contribution in [0.5, 0.6) is 5.75 Å². The van der Waals surface area contributed by atoms with Gasteiger partial charge in [0.25, 0.3) is 0 Å². The molecule has 2 aromatic rings. The Labute approximate surface area is 115 Å². The average molecular weight is 255 g/mol. The molecular formula is C17H21NO. The second-order valence-corrected chi connectivity index (χ2v) is 5.42. The lowest BCUT2D eigenvalue weighted by Gasteiger charge is -2.25. The fourth-order valence-corrected chi connectivity index (χ4v) is 2.02. The number of ether oxygens (including phenoxy) is 1. The maximum absolute atomic E-state index is 5.76. The molecule has 2 heteroatoms. The van der Waals surface area contributed by atoms with E-state index in [9.17, 15) is 0 Å². The van der Waals surface area contributed by atoms with E-state index in [1.54, 1.807) is 0 Å². The summed E-state index contributed by atoms with van der Waals surface area (Å²) < 4.78 is 5.76. The summed E-state index contributed by atoms with van der Waals surface area (Å²) in [7, 11) is 0. The lowest BCUT2D eigenvalue weighted by molar-refractivity contribution is 0.273. The highest BCUT2D eigenvalue weighted by atomic mass is 16.5. The normalized spacial score (nSPS) is 11.3. The largest absolute Gasteiger partial charge is 0.494 e. The molecule has 19 heavy (non-hydrogen) atoms. The lowest BCUT2D eigenvalue weighted by Crippen LogP contribution is -2.20. The predicted octanol–water partition coefficient (Wildman–Crippen LogP) is 4.02. The topological polar surface area (TPSA) is 35.2 Å². The quantitative estimate of drug-likeness (QED) is 0.819. The van der Waals surface area contributed by atoms with Crippen LogP contribution >= 0.6 is 0 Å². The van der Waals surface area contributed by atoms with Crippen LogP contribution in [0.4, 0.5) is 5.69 Å². The number of hydrogen-bond donors (Lipinski definition) is 1. The van der Waals surface area contributed by atoms with Crippen LogP contribution in [-0.4, -0.2) is 6.61 Å². The maximum Gasteiger partial charge on any atom is 0.119 e. The zero-order valence-corrected chi connectivity index (χ0v) is 11.6. The Morgan fingerprint density at radius 2 is 1.58 bits per heavy atom. The molecule has 0 bridgehead atoms. The molecule has 2 nitrogen and oxygen atoms in total. The van der Waals surface area contributed by atoms with Gasteiger partial charge in [0.15, 0.2) is 0 Å². The van der Waals surface area contributed by atoms with Crippen LogP contribution in [0, 0.1) is 0 Å². The molecule has 0 aromatic heterocycles. The molecule has 2 aromatic carbocycles. The molecule has 0 saturated heterocycles. The molecule has 0 heterocycles. The van der Waals surface area contributed by atoms with Gasteiger partial charge in [0.1, 0.15) is 5.75 Å². The van der Waals surface area contributed by atoms with Gasteiger partial charge in [-0.05, 0) is 41.7 Å². The van der Waals surface area contributed by atoms with Gasteiger partial charge in [-0.2, -0.15) is 0 Å². The fraction of sp³-hybridized carbons (Fsp3) is 0.294. The first-order valence-electron chi connectivity index (χ1n) is 6.62. The molecule has 0 spiro atoms. The van der Waals surface area contributed by atoms with Crippen molar-refractivity contribution >= 4 is 5.69 Å². The van der Waals surface area contributed by atoms with Gasteiger partial charge in [0, 0.05) is 5.69 Å². The summed E-state index contributed by atoms with van der Waals surface area (Å²) in [5.74, 6) is 0.873. The Hall–Kier alpha value is -1.96. The smallest absolute Gasteiger partial charge is 0.119 e. The summed E-state index contributed by atoms with van der Waals surface area (Å²) in [6.45, 7) is 5.19. The van der Waals surface area contributed by atoms with Crippen molar-refractivity contribution in [2.45, 2.75) is 25.7 Å². The Kier molecular flexibility index (Phi) is 4.10. The molecule has 2 rings (SSSR count). The van der Waals surface area contributed by atoms with Crippen LogP contribution in [0.15, 0.2) is 54.6 Å². The fourth-order valence-electron chi connectivity index (χ4n) is 2.02. The van der Waals surface area contributed by atoms with Gasteiger partial charge in [-0.1, -0.05) is 44.2 Å². The molecular weight excluding hydrogens is 234 g/mol. The minimum Gasteiger partial charge on any atom is -0.494 e. The summed E-state index contributed by atoms with van der Waals surface area (Å²) in [4.78, 5) is 0. The first-order valence-corrected chi connectivity index (χ1v) is 6.62. The van der Waals surface area contributed by atoms with E-state index < -0.39 is 0 Å². The number of nitrogen functional groups attached to an aromatic ring is 1. The van der Waals surface area contributed by atoms with Crippen molar-refractivity contribution in [1.29, 1.82) is 0 Å². The SMILES string of the molecule is CC(C)(CCOc1ccc(N)cc1)c1ccccc1. The van der Waals surface area contributed by atoms with Gasteiger partial charge in [0.2, 0.25) is 0 Å². The molecule has 0 unspecified atom stereocenters. The lowest BCUT2D eigenvalue weighted by atomic mass is 9.82. The van der Waals surface area contributed by atoms with Gasteiger partial charge in [0.05, 0.1) is 6.61 Å². The van der Waals surface area contributed by atoms with Crippen molar-refractivity contribution in [3.63, 3.8) is 0 Å². The molecule has 2 N–H and O–H groups in total. The highest BCUT2D eigenvalue weighted by Crippen LogP contribution is 2.27. The molecule has 0 amide bonds. The standard InChI is InChI=1S/C17H21NO/c1-17(2,14-6-4-3-5-7-14)12-13-19-16-10-8-15(18)9-11-16/h3-11H,12-13,18H2,1-2H3. The Balaban J connectivity index is 1.90. The van der Waals surface area contributed by atoms with Gasteiger partial charge >= 0.3 is 0 Å². The van der Waals surface area contributed by atoms with E-state index in [-0.39, 0.29) is 5.41 Å². The van der Waals surface area contributed by atoms with E-state index in [2.05, 4.69) is 38.1 Å². The van der Waals surface area contributed by atoms with Crippen LogP contribution in [0.1, 0.15) is 25.8 Å². The van der Waals surface area contributed by atoms with Gasteiger partial charge in [-0.3, -0.25) is 0 Å². The van der Waals surface area contributed by atoms with Gasteiger partial charge < -0.3 is 10.5 Å². The number of anilines is 1. The van der Waals surface area contributed by atoms with Crippen LogP contribution in [-0.2, 0) is 5.41 Å². The molecule has 0 atom stereocenters. The van der Waals surface area contributed by atoms with E-state index in [4.69, 9.17) is 10.5 Å². The third-order valence-electron chi connectivity index (χ3n) is 3.43. The summed E-state index contributed by atoms with van der Waals surface area (Å²) >= 11 is 0. The predicted molar refractivity (Wildman–Crippen MR) is 80.4 cm³/mol. The van der Waals surface area contributed by atoms with Crippen molar-refractivity contribution in [3.05, 3.63) is 60.2 Å². The van der Waals surface area contributed by atoms with Crippen molar-refractivity contribution in [2.75, 3.05) is 12.3 Å². The second kappa shape index (κ2) is 5.79. The molecule has 0 aliphatic heterocycles. The molecule has 0 aliphatic rings. The summed E-state index contributed by atoms with van der Waals surface area (Å²) in [5.41, 5.74) is 7.87. The number of benzene rings is 2. The van der Waals surface area contributed by atoms with Crippen LogP contribution in [0.3, 0.4) is 0 Å². The van der Waals surface area contributed by atoms with Crippen molar-refractivity contribution in [1.82, 2.24) is 0 Å². The molecule has 0 saturated carbocycles. The monoisotopic (exact) mass is 255 g/mol. The van der Waals surface area contributed by atoms with Crippen molar-refractivity contribution in [2.24, 2.45) is 0 Å². The first kappa shape index (κ1) is 13.5. The minimum absolute atomic E-state index is 0.120. The molecule has 0 radical (unpaired) electrons. The van der Waals surface area contributed by atoms with Crippen molar-refractivity contribution in [3.8, 4) is 5.75 Å². The molecule has 100 valence electrons. The highest BCUT2D eigenvalue weighted by Gasteiger charge is 2.19. The number of rotatable bonds is 5. The third kappa shape index (κ3) is 3.75. The maximum atomic E-state index is 5.76. The number of nitrogens with two attached hydrogens (primary N) is 1. The van der Waals surface area contributed by atoms with E-state index in [1.807, 2.05) is 30.3 Å². The van der Waals surface area contributed by atoms with E-state index in [1.165, 1.54) is 5.56 Å². The van der Waals surface area contributed by atoms with Crippen LogP contribution < -0.4 is 10.5 Å². The van der Waals surface area contributed by atoms with Crippen LogP contribution in [0.2, 0.25) is 0 Å². The molecule has 0 fully saturated rings. The summed E-state index contributed by atoms with van der Waals surface area (Å²) in [5, 5.41) is 0. The zero-order chi connectivity index (χ0) is 13.7. The average Bonchev–Trinajstić information content (AvgIpc) is 2.42. The van der Waals surface area contributed by atoms with E-state index in [0.29, 0.717) is 6.61 Å². The second-order valence-electron chi connectivity index (χ2n) is 5.42. The Bertz CT molecular complexity index is 503.